The molecule has 0 saturated heterocycles. The molecule has 2 rings (SSSR count). The molecule has 5 heteroatoms. The van der Waals surface area contributed by atoms with Gasteiger partial charge in [-0.1, -0.05) is 107 Å². The number of carbonyl (C=O) groups is 2. The predicted molar refractivity (Wildman–Crippen MR) is 165 cm³/mol. The Kier molecular flexibility index (Phi) is 10.2. The molecule has 0 aromatic heterocycles. The van der Waals surface area contributed by atoms with Crippen LogP contribution in [0, 0.1) is 0 Å². The lowest BCUT2D eigenvalue weighted by Gasteiger charge is -2.26. The van der Waals surface area contributed by atoms with Crippen molar-refractivity contribution in [3.8, 4) is 0 Å². The first-order valence-corrected chi connectivity index (χ1v) is 14.2. The van der Waals surface area contributed by atoms with Crippen LogP contribution in [0.2, 0.25) is 0 Å². The average molecular weight is 536 g/mol. The van der Waals surface area contributed by atoms with E-state index in [1.165, 1.54) is 16.7 Å². The van der Waals surface area contributed by atoms with Crippen molar-refractivity contribution in [3.05, 3.63) is 69.8 Å². The molecule has 0 bridgehead atoms. The highest BCUT2D eigenvalue weighted by atomic mass is 16.2. The van der Waals surface area contributed by atoms with Crippen LogP contribution in [0.4, 0.5) is 0 Å². The molecule has 3 N–H and O–H groups in total. The molecule has 2 aromatic carbocycles. The summed E-state index contributed by atoms with van der Waals surface area (Å²) in [7, 11) is 0. The van der Waals surface area contributed by atoms with Gasteiger partial charge in [-0.05, 0) is 61.6 Å². The Morgan fingerprint density at radius 2 is 0.949 bits per heavy atom. The molecule has 0 unspecified atom stereocenters. The van der Waals surface area contributed by atoms with Crippen molar-refractivity contribution >= 4 is 11.8 Å². The number of hydrogen-bond donors (Lipinski definition) is 3. The van der Waals surface area contributed by atoms with Crippen LogP contribution in [0.25, 0.3) is 0 Å². The summed E-state index contributed by atoms with van der Waals surface area (Å²) in [6.07, 6.45) is 0. The van der Waals surface area contributed by atoms with E-state index in [9.17, 15) is 9.59 Å². The summed E-state index contributed by atoms with van der Waals surface area (Å²) in [4.78, 5) is 25.4. The number of hydrogen-bond acceptors (Lipinski definition) is 3. The molecule has 2 aromatic rings. The summed E-state index contributed by atoms with van der Waals surface area (Å²) in [5, 5.41) is 9.14. The topological polar surface area (TPSA) is 70.2 Å². The maximum atomic E-state index is 12.9. The standard InChI is InChI=1S/C34H53N3O2/c1-31(2,3)25-15-23(16-26(19-25)32(4,5)6)21-35-22-29(38)36-13-14-37-30(39)24-17-27(33(7,8)9)20-28(18-24)34(10,11)12/h15-20,35H,13-14,21-22H2,1-12H3,(H,36,38)(H,37,39). The molecular weight excluding hydrogens is 482 g/mol. The summed E-state index contributed by atoms with van der Waals surface area (Å²) in [5.41, 5.74) is 6.72. The van der Waals surface area contributed by atoms with Gasteiger partial charge < -0.3 is 16.0 Å². The molecule has 0 saturated carbocycles. The molecule has 0 radical (unpaired) electrons. The Morgan fingerprint density at radius 1 is 0.564 bits per heavy atom. The van der Waals surface area contributed by atoms with E-state index in [2.05, 4.69) is 123 Å². The van der Waals surface area contributed by atoms with Crippen LogP contribution in [0.3, 0.4) is 0 Å². The lowest BCUT2D eigenvalue weighted by molar-refractivity contribution is -0.120. The van der Waals surface area contributed by atoms with Gasteiger partial charge in [0.15, 0.2) is 0 Å². The van der Waals surface area contributed by atoms with Crippen molar-refractivity contribution in [2.45, 2.75) is 111 Å². The first kappa shape index (κ1) is 32.6. The lowest BCUT2D eigenvalue weighted by atomic mass is 9.79. The van der Waals surface area contributed by atoms with Crippen molar-refractivity contribution in [1.29, 1.82) is 0 Å². The molecule has 0 aliphatic carbocycles. The first-order valence-electron chi connectivity index (χ1n) is 14.2. The van der Waals surface area contributed by atoms with Crippen LogP contribution in [-0.4, -0.2) is 31.4 Å². The zero-order valence-corrected chi connectivity index (χ0v) is 26.6. The summed E-state index contributed by atoms with van der Waals surface area (Å²) in [6, 6.07) is 12.9. The van der Waals surface area contributed by atoms with E-state index in [1.54, 1.807) is 0 Å². The summed E-state index contributed by atoms with van der Waals surface area (Å²) < 4.78 is 0. The summed E-state index contributed by atoms with van der Waals surface area (Å²) in [6.45, 7) is 27.9. The molecular formula is C34H53N3O2. The van der Waals surface area contributed by atoms with Crippen molar-refractivity contribution in [3.63, 3.8) is 0 Å². The molecule has 0 aliphatic rings. The van der Waals surface area contributed by atoms with E-state index in [4.69, 9.17) is 0 Å². The van der Waals surface area contributed by atoms with E-state index in [-0.39, 0.29) is 40.0 Å². The predicted octanol–water partition coefficient (Wildman–Crippen LogP) is 6.51. The number of carbonyl (C=O) groups excluding carboxylic acids is 2. The van der Waals surface area contributed by atoms with Crippen molar-refractivity contribution in [2.75, 3.05) is 19.6 Å². The minimum absolute atomic E-state index is 0.0557. The number of nitrogens with one attached hydrogen (secondary N) is 3. The normalized spacial score (nSPS) is 12.8. The zero-order valence-electron chi connectivity index (χ0n) is 26.6. The highest BCUT2D eigenvalue weighted by molar-refractivity contribution is 5.94. The SMILES string of the molecule is CC(C)(C)c1cc(CNCC(=O)NCCNC(=O)c2cc(C(C)(C)C)cc(C(C)(C)C)c2)cc(C(C)(C)C)c1. The third-order valence-electron chi connectivity index (χ3n) is 7.00. The van der Waals surface area contributed by atoms with E-state index < -0.39 is 0 Å². The van der Waals surface area contributed by atoms with Gasteiger partial charge in [-0.25, -0.2) is 0 Å². The second kappa shape index (κ2) is 12.2. The van der Waals surface area contributed by atoms with Gasteiger partial charge in [0.25, 0.3) is 5.91 Å². The van der Waals surface area contributed by atoms with Crippen molar-refractivity contribution in [1.82, 2.24) is 16.0 Å². The van der Waals surface area contributed by atoms with Gasteiger partial charge in [-0.2, -0.15) is 0 Å². The van der Waals surface area contributed by atoms with Crippen molar-refractivity contribution in [2.24, 2.45) is 0 Å². The quantitative estimate of drug-likeness (QED) is 0.337. The van der Waals surface area contributed by atoms with Crippen LogP contribution in [0.1, 0.15) is 121 Å². The highest BCUT2D eigenvalue weighted by Crippen LogP contribution is 2.31. The fraction of sp³-hybridized carbons (Fsp3) is 0.588. The Morgan fingerprint density at radius 3 is 1.36 bits per heavy atom. The van der Waals surface area contributed by atoms with E-state index >= 15 is 0 Å². The Balaban J connectivity index is 1.90. The fourth-order valence-corrected chi connectivity index (χ4v) is 4.15. The number of benzene rings is 2. The van der Waals surface area contributed by atoms with Crippen LogP contribution < -0.4 is 16.0 Å². The Hall–Kier alpha value is -2.66. The maximum absolute atomic E-state index is 12.9. The summed E-state index contributed by atoms with van der Waals surface area (Å²) >= 11 is 0. The molecule has 0 fully saturated rings. The lowest BCUT2D eigenvalue weighted by Crippen LogP contribution is -2.39. The van der Waals surface area contributed by atoms with Crippen LogP contribution in [0.5, 0.6) is 0 Å². The molecule has 0 spiro atoms. The number of amides is 2. The maximum Gasteiger partial charge on any atom is 0.251 e. The smallest absolute Gasteiger partial charge is 0.251 e. The Labute approximate surface area is 237 Å². The van der Waals surface area contributed by atoms with Gasteiger partial charge in [-0.15, -0.1) is 0 Å². The minimum atomic E-state index is -0.118. The van der Waals surface area contributed by atoms with Gasteiger partial charge in [0.1, 0.15) is 0 Å². The molecule has 216 valence electrons. The molecule has 39 heavy (non-hydrogen) atoms. The third kappa shape index (κ3) is 10.1. The molecule has 0 heterocycles. The number of rotatable bonds is 8. The minimum Gasteiger partial charge on any atom is -0.353 e. The monoisotopic (exact) mass is 535 g/mol. The van der Waals surface area contributed by atoms with Gasteiger partial charge in [-0.3, -0.25) is 9.59 Å². The van der Waals surface area contributed by atoms with Gasteiger partial charge in [0, 0.05) is 25.2 Å². The van der Waals surface area contributed by atoms with E-state index in [0.717, 1.165) is 11.1 Å². The molecule has 2 amide bonds. The largest absolute Gasteiger partial charge is 0.353 e. The first-order chi connectivity index (χ1) is 17.7. The Bertz CT molecular complexity index is 1090. The zero-order chi connectivity index (χ0) is 29.8. The van der Waals surface area contributed by atoms with Crippen LogP contribution >= 0.6 is 0 Å². The summed E-state index contributed by atoms with van der Waals surface area (Å²) in [5.74, 6) is -0.204. The third-order valence-corrected chi connectivity index (χ3v) is 7.00. The van der Waals surface area contributed by atoms with E-state index in [1.807, 2.05) is 12.1 Å². The van der Waals surface area contributed by atoms with Crippen LogP contribution in [0.15, 0.2) is 36.4 Å². The second-order valence-electron chi connectivity index (χ2n) is 14.9. The average Bonchev–Trinajstić information content (AvgIpc) is 2.79. The molecule has 0 aliphatic heterocycles. The van der Waals surface area contributed by atoms with Gasteiger partial charge in [0.05, 0.1) is 6.54 Å². The van der Waals surface area contributed by atoms with Gasteiger partial charge in [0.2, 0.25) is 5.91 Å². The van der Waals surface area contributed by atoms with Crippen LogP contribution in [-0.2, 0) is 33.0 Å². The second-order valence-corrected chi connectivity index (χ2v) is 14.9. The van der Waals surface area contributed by atoms with Gasteiger partial charge >= 0.3 is 0 Å². The van der Waals surface area contributed by atoms with E-state index in [0.29, 0.717) is 25.2 Å². The highest BCUT2D eigenvalue weighted by Gasteiger charge is 2.23. The fourth-order valence-electron chi connectivity index (χ4n) is 4.15. The molecule has 0 atom stereocenters. The molecule has 5 nitrogen and oxygen atoms in total. The van der Waals surface area contributed by atoms with Crippen molar-refractivity contribution < 1.29 is 9.59 Å².